The summed E-state index contributed by atoms with van der Waals surface area (Å²) < 4.78 is 6.41. The van der Waals surface area contributed by atoms with Crippen molar-refractivity contribution in [3.8, 4) is 11.3 Å². The second-order valence-corrected chi connectivity index (χ2v) is 8.69. The summed E-state index contributed by atoms with van der Waals surface area (Å²) in [6.45, 7) is 1.29. The van der Waals surface area contributed by atoms with E-state index < -0.39 is 23.9 Å². The number of aliphatic carboxylic acids is 1. The van der Waals surface area contributed by atoms with Gasteiger partial charge in [0, 0.05) is 36.4 Å². The molecule has 0 fully saturated rings. The fourth-order valence-electron chi connectivity index (χ4n) is 3.99. The predicted octanol–water partition coefficient (Wildman–Crippen LogP) is 2.97. The van der Waals surface area contributed by atoms with Crippen LogP contribution in [0.5, 0.6) is 0 Å². The number of fused-ring (bicyclic) bond motifs is 1. The quantitative estimate of drug-likeness (QED) is 0.229. The first-order chi connectivity index (χ1) is 18.7. The fraction of sp³-hybridized carbons (Fsp3) is 0.179. The minimum Gasteiger partial charge on any atom is -0.480 e. The minimum absolute atomic E-state index is 0.122. The van der Waals surface area contributed by atoms with Crippen LogP contribution in [0.2, 0.25) is 0 Å². The van der Waals surface area contributed by atoms with E-state index in [0.29, 0.717) is 28.4 Å². The number of carboxylic acid groups (broad SMARTS) is 1. The van der Waals surface area contributed by atoms with Crippen LogP contribution in [0.25, 0.3) is 16.9 Å². The SMILES string of the molecule is COC(=O)CNc1c(-c2ccc(NC(C)=O)cc2)nc2cc(C(=O)NC(Cc3ccccc3)C(=O)O)ccn12. The molecule has 2 heterocycles. The van der Waals surface area contributed by atoms with Crippen LogP contribution in [0.4, 0.5) is 11.5 Å². The van der Waals surface area contributed by atoms with Crippen molar-refractivity contribution in [2.45, 2.75) is 19.4 Å². The highest BCUT2D eigenvalue weighted by Crippen LogP contribution is 2.30. The van der Waals surface area contributed by atoms with Crippen LogP contribution in [-0.2, 0) is 25.5 Å². The van der Waals surface area contributed by atoms with Crippen LogP contribution in [0.3, 0.4) is 0 Å². The lowest BCUT2D eigenvalue weighted by atomic mass is 10.1. The van der Waals surface area contributed by atoms with Gasteiger partial charge in [0.25, 0.3) is 5.91 Å². The second kappa shape index (κ2) is 11.9. The summed E-state index contributed by atoms with van der Waals surface area (Å²) in [5.74, 6) is -1.90. The molecule has 1 unspecified atom stereocenters. The van der Waals surface area contributed by atoms with Gasteiger partial charge in [-0.1, -0.05) is 42.5 Å². The highest BCUT2D eigenvalue weighted by molar-refractivity contribution is 5.97. The Labute approximate surface area is 223 Å². The molecular weight excluding hydrogens is 502 g/mol. The number of pyridine rings is 1. The molecule has 4 N–H and O–H groups in total. The Balaban J connectivity index is 1.64. The zero-order valence-corrected chi connectivity index (χ0v) is 21.3. The van der Waals surface area contributed by atoms with Crippen molar-refractivity contribution in [2.24, 2.45) is 0 Å². The standard InChI is InChI=1S/C28H27N5O6/c1-17(34)30-21-10-8-19(9-11-21)25-26(29-16-24(35)39-2)33-13-12-20(15-23(33)32-25)27(36)31-22(28(37)38)14-18-6-4-3-5-7-18/h3-13,15,22,29H,14,16H2,1-2H3,(H,30,34)(H,31,36)(H,37,38). The number of carbonyl (C=O) groups excluding carboxylic acids is 3. The van der Waals surface area contributed by atoms with E-state index in [0.717, 1.165) is 5.56 Å². The molecule has 2 aromatic carbocycles. The molecule has 1 atom stereocenters. The molecule has 4 aromatic rings. The molecule has 0 saturated carbocycles. The number of ether oxygens (including phenoxy) is 1. The topological polar surface area (TPSA) is 151 Å². The van der Waals surface area contributed by atoms with Gasteiger partial charge in [-0.25, -0.2) is 9.78 Å². The molecule has 11 heteroatoms. The summed E-state index contributed by atoms with van der Waals surface area (Å²) in [5, 5.41) is 18.0. The number of nitrogens with zero attached hydrogens (tertiary/aromatic N) is 2. The second-order valence-electron chi connectivity index (χ2n) is 8.69. The smallest absolute Gasteiger partial charge is 0.326 e. The van der Waals surface area contributed by atoms with Crippen LogP contribution in [0.15, 0.2) is 72.9 Å². The average Bonchev–Trinajstić information content (AvgIpc) is 3.29. The number of carboxylic acids is 1. The number of nitrogens with one attached hydrogen (secondary N) is 3. The number of imidazole rings is 1. The van der Waals surface area contributed by atoms with E-state index >= 15 is 0 Å². The van der Waals surface area contributed by atoms with Gasteiger partial charge >= 0.3 is 11.9 Å². The molecule has 200 valence electrons. The third-order valence-corrected chi connectivity index (χ3v) is 5.88. The lowest BCUT2D eigenvalue weighted by Gasteiger charge is -2.15. The largest absolute Gasteiger partial charge is 0.480 e. The number of hydrogen-bond acceptors (Lipinski definition) is 7. The Bertz CT molecular complexity index is 1510. The summed E-state index contributed by atoms with van der Waals surface area (Å²) in [6.07, 6.45) is 1.74. The molecule has 0 radical (unpaired) electrons. The predicted molar refractivity (Wildman–Crippen MR) is 144 cm³/mol. The Morgan fingerprint density at radius 1 is 1.03 bits per heavy atom. The average molecular weight is 530 g/mol. The van der Waals surface area contributed by atoms with E-state index in [9.17, 15) is 24.3 Å². The monoisotopic (exact) mass is 529 g/mol. The lowest BCUT2D eigenvalue weighted by Crippen LogP contribution is -2.42. The maximum Gasteiger partial charge on any atom is 0.326 e. The Kier molecular flexibility index (Phi) is 8.20. The molecule has 11 nitrogen and oxygen atoms in total. The van der Waals surface area contributed by atoms with Gasteiger partial charge < -0.3 is 25.8 Å². The van der Waals surface area contributed by atoms with Crippen LogP contribution < -0.4 is 16.0 Å². The highest BCUT2D eigenvalue weighted by atomic mass is 16.5. The van der Waals surface area contributed by atoms with E-state index in [1.807, 2.05) is 6.07 Å². The van der Waals surface area contributed by atoms with Crippen LogP contribution in [0, 0.1) is 0 Å². The van der Waals surface area contributed by atoms with Crippen molar-refractivity contribution in [2.75, 3.05) is 24.3 Å². The van der Waals surface area contributed by atoms with E-state index in [1.54, 1.807) is 65.2 Å². The van der Waals surface area contributed by atoms with E-state index in [1.165, 1.54) is 20.1 Å². The van der Waals surface area contributed by atoms with Crippen molar-refractivity contribution in [1.29, 1.82) is 0 Å². The Hall–Kier alpha value is -5.19. The molecule has 0 aliphatic carbocycles. The van der Waals surface area contributed by atoms with Crippen molar-refractivity contribution in [3.05, 3.63) is 84.1 Å². The maximum absolute atomic E-state index is 13.0. The third-order valence-electron chi connectivity index (χ3n) is 5.88. The molecule has 0 saturated heterocycles. The van der Waals surface area contributed by atoms with Gasteiger partial charge in [0.05, 0.1) is 7.11 Å². The minimum atomic E-state index is -1.15. The summed E-state index contributed by atoms with van der Waals surface area (Å²) in [4.78, 5) is 52.7. The normalized spacial score (nSPS) is 11.4. The first-order valence-corrected chi connectivity index (χ1v) is 12.0. The van der Waals surface area contributed by atoms with Crippen LogP contribution >= 0.6 is 0 Å². The third kappa shape index (κ3) is 6.58. The summed E-state index contributed by atoms with van der Waals surface area (Å²) in [5.41, 5.74) is 3.20. The molecule has 0 bridgehead atoms. The first kappa shape index (κ1) is 26.9. The zero-order valence-electron chi connectivity index (χ0n) is 21.3. The number of aromatic nitrogens is 2. The van der Waals surface area contributed by atoms with Gasteiger partial charge in [0.1, 0.15) is 29.7 Å². The molecule has 39 heavy (non-hydrogen) atoms. The summed E-state index contributed by atoms with van der Waals surface area (Å²) in [6, 6.07) is 18.0. The van der Waals surface area contributed by atoms with Crippen molar-refractivity contribution in [3.63, 3.8) is 0 Å². The number of methoxy groups -OCH3 is 1. The van der Waals surface area contributed by atoms with Crippen LogP contribution in [-0.4, -0.2) is 57.9 Å². The van der Waals surface area contributed by atoms with Gasteiger partial charge in [-0.05, 0) is 29.8 Å². The number of carbonyl (C=O) groups is 4. The molecule has 2 amide bonds. The Morgan fingerprint density at radius 2 is 1.74 bits per heavy atom. The first-order valence-electron chi connectivity index (χ1n) is 12.0. The van der Waals surface area contributed by atoms with Gasteiger partial charge in [-0.3, -0.25) is 18.8 Å². The Morgan fingerprint density at radius 3 is 2.38 bits per heavy atom. The van der Waals surface area contributed by atoms with E-state index in [4.69, 9.17) is 4.74 Å². The van der Waals surface area contributed by atoms with E-state index in [2.05, 4.69) is 20.9 Å². The van der Waals surface area contributed by atoms with Gasteiger partial charge in [0.15, 0.2) is 0 Å². The van der Waals surface area contributed by atoms with Crippen LogP contribution in [0.1, 0.15) is 22.8 Å². The number of rotatable bonds is 10. The fourth-order valence-corrected chi connectivity index (χ4v) is 3.99. The van der Waals surface area contributed by atoms with Crippen molar-refractivity contribution < 1.29 is 29.0 Å². The maximum atomic E-state index is 13.0. The van der Waals surface area contributed by atoms with Crippen molar-refractivity contribution in [1.82, 2.24) is 14.7 Å². The number of hydrogen-bond donors (Lipinski definition) is 4. The molecule has 2 aromatic heterocycles. The molecule has 0 spiro atoms. The van der Waals surface area contributed by atoms with Gasteiger partial charge in [-0.15, -0.1) is 0 Å². The summed E-state index contributed by atoms with van der Waals surface area (Å²) in [7, 11) is 1.28. The van der Waals surface area contributed by atoms with Gasteiger partial charge in [0.2, 0.25) is 5.91 Å². The summed E-state index contributed by atoms with van der Waals surface area (Å²) >= 11 is 0. The number of amides is 2. The lowest BCUT2D eigenvalue weighted by molar-refractivity contribution is -0.139. The van der Waals surface area contributed by atoms with E-state index in [-0.39, 0.29) is 24.4 Å². The molecule has 0 aliphatic rings. The van der Waals surface area contributed by atoms with Crippen molar-refractivity contribution >= 4 is 40.9 Å². The molecular formula is C28H27N5O6. The molecule has 4 rings (SSSR count). The zero-order chi connectivity index (χ0) is 27.9. The van der Waals surface area contributed by atoms with Gasteiger partial charge in [-0.2, -0.15) is 0 Å². The highest BCUT2D eigenvalue weighted by Gasteiger charge is 2.22. The number of anilines is 2. The number of esters is 1. The number of benzene rings is 2. The molecule has 0 aliphatic heterocycles.